The molecule has 6 heteroatoms. The van der Waals surface area contributed by atoms with Gasteiger partial charge in [0.2, 0.25) is 0 Å². The van der Waals surface area contributed by atoms with Gasteiger partial charge >= 0.3 is 100 Å². The fourth-order valence-corrected chi connectivity index (χ4v) is 6.83. The molecule has 0 aliphatic rings. The molecule has 0 saturated heterocycles. The minimum atomic E-state index is 0.172. The molecular weight excluding hydrogens is 365 g/mol. The van der Waals surface area contributed by atoms with Crippen molar-refractivity contribution < 1.29 is 4.79 Å². The van der Waals surface area contributed by atoms with Crippen molar-refractivity contribution in [3.63, 3.8) is 0 Å². The molecule has 1 N–H and O–H groups in total. The first kappa shape index (κ1) is 13.8. The monoisotopic (exact) mass is 384 g/mol. The van der Waals surface area contributed by atoms with Crippen LogP contribution in [0.2, 0.25) is 16.0 Å². The molecule has 0 atom stereocenters. The summed E-state index contributed by atoms with van der Waals surface area (Å²) in [5, 5.41) is 3.30. The number of nitrogens with zero attached hydrogens (tertiary/aromatic N) is 1. The van der Waals surface area contributed by atoms with Crippen LogP contribution >= 0.6 is 0 Å². The molecular formula is C7H16N2OSe3. The van der Waals surface area contributed by atoms with Gasteiger partial charge in [0.05, 0.1) is 0 Å². The number of hydrogen-bond acceptors (Lipinski definition) is 1. The molecule has 0 rings (SSSR count). The molecule has 0 fully saturated rings. The Balaban J connectivity index is 3.80. The molecule has 0 saturated carbocycles. The summed E-state index contributed by atoms with van der Waals surface area (Å²) in [5.74, 6) is 0. The van der Waals surface area contributed by atoms with Crippen LogP contribution in [0, 0.1) is 0 Å². The van der Waals surface area contributed by atoms with Crippen LogP contribution in [-0.2, 0) is 0 Å². The number of nitrogens with one attached hydrogen (secondary N) is 1. The quantitative estimate of drug-likeness (QED) is 0.689. The summed E-state index contributed by atoms with van der Waals surface area (Å²) in [6, 6.07) is 0.172. The van der Waals surface area contributed by atoms with Crippen LogP contribution in [0.1, 0.15) is 20.8 Å². The van der Waals surface area contributed by atoms with E-state index in [1.165, 1.54) is 0 Å². The van der Waals surface area contributed by atoms with E-state index in [0.717, 1.165) is 16.0 Å². The van der Waals surface area contributed by atoms with E-state index < -0.39 is 0 Å². The van der Waals surface area contributed by atoms with Gasteiger partial charge in [-0.15, -0.1) is 0 Å². The number of carbonyl (C=O) groups is 1. The van der Waals surface area contributed by atoms with Crippen LogP contribution in [0.5, 0.6) is 0 Å². The summed E-state index contributed by atoms with van der Waals surface area (Å²) >= 11 is 1.02. The van der Waals surface area contributed by atoms with Crippen LogP contribution in [0.25, 0.3) is 0 Å². The Hall–Kier alpha value is 0.828. The second-order valence-corrected chi connectivity index (χ2v) is 10.4. The Labute approximate surface area is 99.9 Å². The normalized spacial score (nSPS) is 9.77. The van der Waals surface area contributed by atoms with Gasteiger partial charge in [-0.3, -0.25) is 0 Å². The van der Waals surface area contributed by atoms with Crippen LogP contribution in [0.15, 0.2) is 0 Å². The zero-order chi connectivity index (χ0) is 10.1. The van der Waals surface area contributed by atoms with Crippen LogP contribution in [0.3, 0.4) is 0 Å². The van der Waals surface area contributed by atoms with E-state index in [-0.39, 0.29) is 6.03 Å². The van der Waals surface area contributed by atoms with Crippen molar-refractivity contribution >= 4 is 51.6 Å². The molecule has 13 heavy (non-hydrogen) atoms. The standard InChI is InChI=1S/C7H16N2OSe3/c1-4-11-8-7(10)9(12-5-2)13-6-3/h4-6H2,1-3H3,(H,8,10). The van der Waals surface area contributed by atoms with Crippen molar-refractivity contribution in [2.75, 3.05) is 0 Å². The van der Waals surface area contributed by atoms with Crippen molar-refractivity contribution in [3.8, 4) is 0 Å². The number of hydrogen-bond donors (Lipinski definition) is 1. The van der Waals surface area contributed by atoms with E-state index >= 15 is 0 Å². The number of rotatable bonds is 6. The fourth-order valence-electron chi connectivity index (χ4n) is 0.560. The third-order valence-electron chi connectivity index (χ3n) is 0.962. The molecule has 0 radical (unpaired) electrons. The molecule has 0 bridgehead atoms. The maximum absolute atomic E-state index is 11.5. The third-order valence-corrected chi connectivity index (χ3v) is 7.30. The summed E-state index contributed by atoms with van der Waals surface area (Å²) < 4.78 is 5.01. The fraction of sp³-hybridized carbons (Fsp3) is 0.857. The van der Waals surface area contributed by atoms with Gasteiger partial charge in [-0.05, 0) is 0 Å². The van der Waals surface area contributed by atoms with Crippen molar-refractivity contribution in [3.05, 3.63) is 0 Å². The number of amides is 2. The predicted molar refractivity (Wildman–Crippen MR) is 59.1 cm³/mol. The van der Waals surface area contributed by atoms with Crippen molar-refractivity contribution in [1.82, 2.24) is 7.27 Å². The second-order valence-electron chi connectivity index (χ2n) is 1.93. The first-order valence-electron chi connectivity index (χ1n) is 4.23. The molecule has 0 aromatic carbocycles. The number of urea groups is 1. The van der Waals surface area contributed by atoms with Gasteiger partial charge < -0.3 is 0 Å². The molecule has 0 heterocycles. The van der Waals surface area contributed by atoms with Crippen molar-refractivity contribution in [1.29, 1.82) is 0 Å². The summed E-state index contributed by atoms with van der Waals surface area (Å²) in [7, 11) is 0. The van der Waals surface area contributed by atoms with Gasteiger partial charge in [-0.2, -0.15) is 0 Å². The molecule has 0 unspecified atom stereocenters. The second kappa shape index (κ2) is 9.39. The Morgan fingerprint density at radius 1 is 1.15 bits per heavy atom. The average Bonchev–Trinajstić information content (AvgIpc) is 2.14. The molecule has 0 aliphatic heterocycles. The molecule has 0 aromatic rings. The molecule has 0 aliphatic carbocycles. The van der Waals surface area contributed by atoms with E-state index in [2.05, 4.69) is 25.1 Å². The first-order chi connectivity index (χ1) is 6.26. The zero-order valence-electron chi connectivity index (χ0n) is 8.20. The molecule has 0 aromatic heterocycles. The molecule has 2 amide bonds. The third kappa shape index (κ3) is 6.84. The van der Waals surface area contributed by atoms with Crippen LogP contribution < -0.4 is 4.33 Å². The maximum atomic E-state index is 11.5. The first-order valence-corrected chi connectivity index (χ1v) is 10.3. The van der Waals surface area contributed by atoms with E-state index in [1.54, 1.807) is 0 Å². The van der Waals surface area contributed by atoms with Gasteiger partial charge in [-0.25, -0.2) is 0 Å². The topological polar surface area (TPSA) is 32.3 Å². The van der Waals surface area contributed by atoms with E-state index in [0.29, 0.717) is 45.5 Å². The zero-order valence-corrected chi connectivity index (χ0v) is 13.3. The summed E-state index contributed by atoms with van der Waals surface area (Å²) in [6.45, 7) is 6.37. The molecule has 78 valence electrons. The van der Waals surface area contributed by atoms with Crippen LogP contribution in [0.4, 0.5) is 4.79 Å². The summed E-state index contributed by atoms with van der Waals surface area (Å²) in [5.41, 5.74) is 0. The average molecular weight is 381 g/mol. The van der Waals surface area contributed by atoms with Gasteiger partial charge in [0.15, 0.2) is 0 Å². The van der Waals surface area contributed by atoms with Gasteiger partial charge in [0, 0.05) is 0 Å². The summed E-state index contributed by atoms with van der Waals surface area (Å²) in [6.07, 6.45) is 0. The van der Waals surface area contributed by atoms with E-state index in [1.807, 2.05) is 2.93 Å². The van der Waals surface area contributed by atoms with Crippen molar-refractivity contribution in [2.45, 2.75) is 36.7 Å². The van der Waals surface area contributed by atoms with Crippen LogP contribution in [-0.4, -0.2) is 54.5 Å². The van der Waals surface area contributed by atoms with Gasteiger partial charge in [0.25, 0.3) is 0 Å². The number of carbonyl (C=O) groups excluding carboxylic acids is 1. The minimum absolute atomic E-state index is 0.172. The Bertz CT molecular complexity index is 140. The van der Waals surface area contributed by atoms with Crippen molar-refractivity contribution in [2.24, 2.45) is 0 Å². The predicted octanol–water partition coefficient (Wildman–Crippen LogP) is 1.17. The van der Waals surface area contributed by atoms with Gasteiger partial charge in [-0.1, -0.05) is 0 Å². The molecule has 0 spiro atoms. The van der Waals surface area contributed by atoms with E-state index in [9.17, 15) is 4.79 Å². The SMILES string of the molecule is CC[Se]NC(=O)N([Se]CC)[Se]CC. The summed E-state index contributed by atoms with van der Waals surface area (Å²) in [4.78, 5) is 11.5. The Morgan fingerprint density at radius 2 is 1.69 bits per heavy atom. The van der Waals surface area contributed by atoms with E-state index in [4.69, 9.17) is 0 Å². The molecule has 3 nitrogen and oxygen atoms in total. The Kier molecular flexibility index (Phi) is 9.98. The van der Waals surface area contributed by atoms with Gasteiger partial charge in [0.1, 0.15) is 0 Å². The Morgan fingerprint density at radius 3 is 2.08 bits per heavy atom.